The number of nitrogens with one attached hydrogen (secondary N) is 2. The first-order chi connectivity index (χ1) is 9.56. The second-order valence-electron chi connectivity index (χ2n) is 4.85. The van der Waals surface area contributed by atoms with Gasteiger partial charge >= 0.3 is 5.91 Å². The Labute approximate surface area is 117 Å². The summed E-state index contributed by atoms with van der Waals surface area (Å²) in [5, 5.41) is 2.86. The Morgan fingerprint density at radius 1 is 1.65 bits per heavy atom. The van der Waals surface area contributed by atoms with Crippen LogP contribution in [0.1, 0.15) is 35.2 Å². The number of nitrogen functional groups attached to an aromatic ring is 1. The highest BCUT2D eigenvalue weighted by Gasteiger charge is 2.29. The van der Waals surface area contributed by atoms with Crippen LogP contribution in [0.15, 0.2) is 10.5 Å². The number of furan rings is 1. The average molecular weight is 280 g/mol. The molecule has 1 unspecified atom stereocenters. The predicted octanol–water partition coefficient (Wildman–Crippen LogP) is -0.0981. The van der Waals surface area contributed by atoms with Crippen molar-refractivity contribution >= 4 is 11.8 Å². The summed E-state index contributed by atoms with van der Waals surface area (Å²) >= 11 is 0. The van der Waals surface area contributed by atoms with E-state index in [9.17, 15) is 9.59 Å². The van der Waals surface area contributed by atoms with Gasteiger partial charge in [0.15, 0.2) is 5.76 Å². The van der Waals surface area contributed by atoms with Gasteiger partial charge in [-0.1, -0.05) is 6.92 Å². The minimum Gasteiger partial charge on any atom is -0.456 e. The zero-order valence-electron chi connectivity index (χ0n) is 11.7. The van der Waals surface area contributed by atoms with Crippen molar-refractivity contribution in [3.8, 4) is 0 Å². The summed E-state index contributed by atoms with van der Waals surface area (Å²) in [7, 11) is 0. The molecule has 1 saturated heterocycles. The second kappa shape index (κ2) is 6.06. The molecule has 4 N–H and O–H groups in total. The van der Waals surface area contributed by atoms with Crippen LogP contribution in [0.25, 0.3) is 0 Å². The van der Waals surface area contributed by atoms with E-state index in [0.717, 1.165) is 18.5 Å². The molecule has 0 aromatic carbocycles. The molecule has 0 saturated carbocycles. The number of rotatable bonds is 4. The molecule has 1 fully saturated rings. The number of hydrazine groups is 1. The zero-order valence-corrected chi connectivity index (χ0v) is 11.7. The Kier molecular flexibility index (Phi) is 4.41. The van der Waals surface area contributed by atoms with E-state index >= 15 is 0 Å². The van der Waals surface area contributed by atoms with Gasteiger partial charge in [-0.05, 0) is 19.4 Å². The molecule has 110 valence electrons. The molecule has 0 radical (unpaired) electrons. The summed E-state index contributed by atoms with van der Waals surface area (Å²) in [6.45, 7) is 5.79. The zero-order chi connectivity index (χ0) is 14.7. The number of nitrogens with two attached hydrogens (primary N) is 1. The molecule has 2 heterocycles. The van der Waals surface area contributed by atoms with E-state index in [1.54, 1.807) is 13.0 Å². The Hall–Kier alpha value is -1.86. The van der Waals surface area contributed by atoms with Crippen LogP contribution in [0.4, 0.5) is 0 Å². The standard InChI is InChI=1S/C13H20N4O3/c1-3-10-12(18)15-4-5-17(10)7-9-6-11(13(19)16-14)20-8(9)2/h6,10H,3-5,7,14H2,1-2H3,(H,15,18)(H,16,19). The van der Waals surface area contributed by atoms with Crippen LogP contribution >= 0.6 is 0 Å². The quantitative estimate of drug-likeness (QED) is 0.406. The minimum absolute atomic E-state index is 0.0554. The molecule has 0 aliphatic carbocycles. The summed E-state index contributed by atoms with van der Waals surface area (Å²) < 4.78 is 5.39. The fraction of sp³-hybridized carbons (Fsp3) is 0.538. The molecular formula is C13H20N4O3. The Bertz CT molecular complexity index is 512. The largest absolute Gasteiger partial charge is 0.456 e. The topological polar surface area (TPSA) is 101 Å². The van der Waals surface area contributed by atoms with Crippen LogP contribution in [0.2, 0.25) is 0 Å². The summed E-state index contributed by atoms with van der Waals surface area (Å²) in [6, 6.07) is 1.54. The Morgan fingerprint density at radius 2 is 2.40 bits per heavy atom. The number of carbonyl (C=O) groups excluding carboxylic acids is 2. The lowest BCUT2D eigenvalue weighted by Gasteiger charge is -2.34. The smallest absolute Gasteiger partial charge is 0.300 e. The van der Waals surface area contributed by atoms with Crippen molar-refractivity contribution in [2.45, 2.75) is 32.9 Å². The van der Waals surface area contributed by atoms with E-state index in [2.05, 4.69) is 10.2 Å². The van der Waals surface area contributed by atoms with E-state index in [1.165, 1.54) is 0 Å². The minimum atomic E-state index is -0.456. The molecule has 1 aromatic rings. The molecular weight excluding hydrogens is 260 g/mol. The predicted molar refractivity (Wildman–Crippen MR) is 72.6 cm³/mol. The van der Waals surface area contributed by atoms with E-state index in [1.807, 2.05) is 12.3 Å². The van der Waals surface area contributed by atoms with Gasteiger partial charge in [0.2, 0.25) is 5.91 Å². The van der Waals surface area contributed by atoms with Gasteiger partial charge in [0.25, 0.3) is 0 Å². The van der Waals surface area contributed by atoms with E-state index in [-0.39, 0.29) is 17.7 Å². The highest BCUT2D eigenvalue weighted by Crippen LogP contribution is 2.19. The van der Waals surface area contributed by atoms with Gasteiger partial charge in [0, 0.05) is 25.2 Å². The van der Waals surface area contributed by atoms with Crippen LogP contribution in [-0.2, 0) is 11.3 Å². The Morgan fingerprint density at radius 3 is 3.05 bits per heavy atom. The van der Waals surface area contributed by atoms with Crippen LogP contribution < -0.4 is 16.6 Å². The lowest BCUT2D eigenvalue weighted by atomic mass is 10.1. The first-order valence-electron chi connectivity index (χ1n) is 6.68. The van der Waals surface area contributed by atoms with Crippen LogP contribution in [-0.4, -0.2) is 35.8 Å². The summed E-state index contributed by atoms with van der Waals surface area (Å²) in [5.74, 6) is 5.55. The van der Waals surface area contributed by atoms with E-state index < -0.39 is 5.91 Å². The molecule has 1 aromatic heterocycles. The average Bonchev–Trinajstić information content (AvgIpc) is 2.79. The number of carbonyl (C=O) groups is 2. The van der Waals surface area contributed by atoms with Crippen molar-refractivity contribution in [2.24, 2.45) is 5.84 Å². The highest BCUT2D eigenvalue weighted by molar-refractivity contribution is 5.91. The third-order valence-corrected chi connectivity index (χ3v) is 3.58. The molecule has 1 aliphatic rings. The van der Waals surface area contributed by atoms with Gasteiger partial charge in [-0.25, -0.2) is 5.84 Å². The third kappa shape index (κ3) is 2.83. The molecule has 20 heavy (non-hydrogen) atoms. The number of hydrogen-bond acceptors (Lipinski definition) is 5. The van der Waals surface area contributed by atoms with Gasteiger partial charge < -0.3 is 9.73 Å². The Balaban J connectivity index is 2.14. The van der Waals surface area contributed by atoms with Crippen molar-refractivity contribution in [1.82, 2.24) is 15.6 Å². The monoisotopic (exact) mass is 280 g/mol. The van der Waals surface area contributed by atoms with Gasteiger partial charge in [-0.2, -0.15) is 0 Å². The van der Waals surface area contributed by atoms with E-state index in [0.29, 0.717) is 18.8 Å². The van der Waals surface area contributed by atoms with Gasteiger partial charge in [-0.3, -0.25) is 19.9 Å². The maximum Gasteiger partial charge on any atom is 0.300 e. The first kappa shape index (κ1) is 14.5. The summed E-state index contributed by atoms with van der Waals surface area (Å²) in [5.41, 5.74) is 2.94. The number of hydrogen-bond donors (Lipinski definition) is 3. The molecule has 0 bridgehead atoms. The van der Waals surface area contributed by atoms with Crippen LogP contribution in [0.3, 0.4) is 0 Å². The van der Waals surface area contributed by atoms with E-state index in [4.69, 9.17) is 10.3 Å². The maximum absolute atomic E-state index is 11.8. The molecule has 1 atom stereocenters. The summed E-state index contributed by atoms with van der Waals surface area (Å²) in [6.07, 6.45) is 0.749. The van der Waals surface area contributed by atoms with Gasteiger partial charge in [0.05, 0.1) is 6.04 Å². The van der Waals surface area contributed by atoms with Crippen LogP contribution in [0, 0.1) is 6.92 Å². The molecule has 7 heteroatoms. The normalized spacial score (nSPS) is 19.8. The summed E-state index contributed by atoms with van der Waals surface area (Å²) in [4.78, 5) is 25.3. The lowest BCUT2D eigenvalue weighted by Crippen LogP contribution is -2.54. The highest BCUT2D eigenvalue weighted by atomic mass is 16.4. The van der Waals surface area contributed by atoms with Crippen molar-refractivity contribution in [3.05, 3.63) is 23.2 Å². The van der Waals surface area contributed by atoms with Crippen LogP contribution in [0.5, 0.6) is 0 Å². The number of aryl methyl sites for hydroxylation is 1. The maximum atomic E-state index is 11.8. The number of nitrogens with zero attached hydrogens (tertiary/aromatic N) is 1. The molecule has 0 spiro atoms. The first-order valence-corrected chi connectivity index (χ1v) is 6.68. The van der Waals surface area contributed by atoms with Gasteiger partial charge in [0.1, 0.15) is 5.76 Å². The second-order valence-corrected chi connectivity index (χ2v) is 4.85. The SMILES string of the molecule is CCC1C(=O)NCCN1Cc1cc(C(=O)NN)oc1C. The van der Waals surface area contributed by atoms with Crippen molar-refractivity contribution in [2.75, 3.05) is 13.1 Å². The van der Waals surface area contributed by atoms with Crippen molar-refractivity contribution in [3.63, 3.8) is 0 Å². The number of amides is 2. The third-order valence-electron chi connectivity index (χ3n) is 3.58. The van der Waals surface area contributed by atoms with Gasteiger partial charge in [-0.15, -0.1) is 0 Å². The fourth-order valence-electron chi connectivity index (χ4n) is 2.47. The van der Waals surface area contributed by atoms with Crippen molar-refractivity contribution in [1.29, 1.82) is 0 Å². The fourth-order valence-corrected chi connectivity index (χ4v) is 2.47. The molecule has 1 aliphatic heterocycles. The number of piperazine rings is 1. The van der Waals surface area contributed by atoms with Crippen molar-refractivity contribution < 1.29 is 14.0 Å². The lowest BCUT2D eigenvalue weighted by molar-refractivity contribution is -0.129. The molecule has 2 rings (SSSR count). The molecule has 7 nitrogen and oxygen atoms in total. The molecule has 2 amide bonds.